The fraction of sp³-hybridized carbons (Fsp3) is 0. The average Bonchev–Trinajstić information content (AvgIpc) is 0.811. The molecule has 0 unspecified atom stereocenters. The van der Waals surface area contributed by atoms with Crippen LogP contribution in [0, 0.1) is 0 Å². The van der Waals surface area contributed by atoms with Crippen molar-refractivity contribution < 1.29 is 14.1 Å². The van der Waals surface area contributed by atoms with Gasteiger partial charge < -0.3 is 9.59 Å². The molecule has 0 aliphatic carbocycles. The minimum absolute atomic E-state index is 0. The summed E-state index contributed by atoms with van der Waals surface area (Å²) in [4.78, 5) is 14.3. The minimum atomic E-state index is -3.13. The molecule has 0 atom stereocenters. The van der Waals surface area contributed by atoms with Crippen LogP contribution in [0.3, 0.4) is 0 Å². The third-order valence-electron chi connectivity index (χ3n) is 0. The summed E-state index contributed by atoms with van der Waals surface area (Å²) in [6.45, 7) is 0. The third kappa shape index (κ3) is 67.1. The number of hydrogen-bond acceptors (Lipinski definition) is 1. The Morgan fingerprint density at radius 1 is 1.33 bits per heavy atom. The molecule has 6 heavy (non-hydrogen) atoms. The summed E-state index contributed by atoms with van der Waals surface area (Å²) in [7, 11) is -3.13. The van der Waals surface area contributed by atoms with Crippen LogP contribution in [0.1, 0.15) is 0 Å². The van der Waals surface area contributed by atoms with Crippen LogP contribution in [0.2, 0.25) is 0 Å². The first-order valence-corrected chi connectivity index (χ1v) is 1.95. The molecule has 0 amide bonds. The van der Waals surface area contributed by atoms with E-state index >= 15 is 0 Å². The first kappa shape index (κ1) is 15.7. The van der Waals surface area contributed by atoms with Gasteiger partial charge in [0.2, 0.25) is 0 Å². The SMILES string of the molecule is O=[Si](O)O.[AlH3].[NaH]. The van der Waals surface area contributed by atoms with Gasteiger partial charge in [-0.15, -0.1) is 0 Å². The van der Waals surface area contributed by atoms with Crippen molar-refractivity contribution >= 4 is 56.1 Å². The zero-order valence-electron chi connectivity index (χ0n) is 1.80. The van der Waals surface area contributed by atoms with Crippen LogP contribution in [0.4, 0.5) is 0 Å². The predicted octanol–water partition coefficient (Wildman–Crippen LogP) is -3.45. The molecule has 0 fully saturated rings. The van der Waals surface area contributed by atoms with E-state index in [0.717, 1.165) is 0 Å². The molecule has 2 N–H and O–H groups in total. The Kier molecular flexibility index (Phi) is 24.8. The van der Waals surface area contributed by atoms with Gasteiger partial charge in [0.05, 0.1) is 0 Å². The molecule has 0 saturated carbocycles. The van der Waals surface area contributed by atoms with Crippen molar-refractivity contribution in [2.45, 2.75) is 0 Å². The Labute approximate surface area is 69.7 Å². The van der Waals surface area contributed by atoms with Gasteiger partial charge in [-0.25, -0.2) is 0 Å². The van der Waals surface area contributed by atoms with E-state index in [-0.39, 0.29) is 46.9 Å². The van der Waals surface area contributed by atoms with Crippen molar-refractivity contribution in [2.75, 3.05) is 0 Å². The first-order chi connectivity index (χ1) is 1.73. The van der Waals surface area contributed by atoms with Crippen LogP contribution >= 0.6 is 0 Å². The number of rotatable bonds is 0. The Morgan fingerprint density at radius 3 is 1.33 bits per heavy atom. The van der Waals surface area contributed by atoms with E-state index in [9.17, 15) is 0 Å². The molecule has 0 aliphatic rings. The molecule has 0 spiro atoms. The van der Waals surface area contributed by atoms with E-state index in [0.29, 0.717) is 0 Å². The van der Waals surface area contributed by atoms with Gasteiger partial charge in [-0.05, 0) is 0 Å². The Hall–Kier alpha value is 1.15. The van der Waals surface area contributed by atoms with E-state index in [1.165, 1.54) is 0 Å². The van der Waals surface area contributed by atoms with Gasteiger partial charge in [0.25, 0.3) is 0 Å². The molecule has 0 aromatic rings. The first-order valence-electron chi connectivity index (χ1n) is 0.651. The topological polar surface area (TPSA) is 57.5 Å². The summed E-state index contributed by atoms with van der Waals surface area (Å²) in [5.74, 6) is 0. The average molecular weight is 132 g/mol. The van der Waals surface area contributed by atoms with Gasteiger partial charge in [0, 0.05) is 0 Å². The van der Waals surface area contributed by atoms with Crippen LogP contribution in [0.5, 0.6) is 0 Å². The zero-order valence-corrected chi connectivity index (χ0v) is 2.80. The molecular weight excluding hydrogens is 126 g/mol. The fourth-order valence-electron chi connectivity index (χ4n) is 0. The summed E-state index contributed by atoms with van der Waals surface area (Å²) in [6, 6.07) is 0. The summed E-state index contributed by atoms with van der Waals surface area (Å²) in [5.41, 5.74) is 0. The molecule has 0 aliphatic heterocycles. The Morgan fingerprint density at radius 2 is 1.33 bits per heavy atom. The van der Waals surface area contributed by atoms with E-state index < -0.39 is 9.17 Å². The van der Waals surface area contributed by atoms with Crippen molar-refractivity contribution in [1.29, 1.82) is 0 Å². The third-order valence-corrected chi connectivity index (χ3v) is 0. The van der Waals surface area contributed by atoms with Gasteiger partial charge in [0.15, 0.2) is 17.4 Å². The standard InChI is InChI=1S/Al.Na.H2O3Si.4H/c;;1-4(2)3;;;;/h;;1-2H;;;;. The molecule has 6 heteroatoms. The van der Waals surface area contributed by atoms with Crippen molar-refractivity contribution in [2.24, 2.45) is 0 Å². The van der Waals surface area contributed by atoms with Crippen LogP contribution in [-0.2, 0) is 4.46 Å². The molecule has 0 saturated heterocycles. The van der Waals surface area contributed by atoms with Gasteiger partial charge in [-0.3, -0.25) is 4.46 Å². The van der Waals surface area contributed by atoms with Gasteiger partial charge >= 0.3 is 38.7 Å². The van der Waals surface area contributed by atoms with E-state index in [2.05, 4.69) is 0 Å². The second kappa shape index (κ2) is 9.47. The molecule has 0 aromatic heterocycles. The van der Waals surface area contributed by atoms with Crippen LogP contribution in [-0.4, -0.2) is 65.7 Å². The molecule has 0 radical (unpaired) electrons. The molecule has 0 aromatic carbocycles. The zero-order chi connectivity index (χ0) is 3.58. The van der Waals surface area contributed by atoms with E-state index in [1.807, 2.05) is 0 Å². The Bertz CT molecular complexity index is 33.8. The van der Waals surface area contributed by atoms with Crippen LogP contribution in [0.15, 0.2) is 0 Å². The van der Waals surface area contributed by atoms with E-state index in [4.69, 9.17) is 14.1 Å². The van der Waals surface area contributed by atoms with Gasteiger partial charge in [-0.1, -0.05) is 0 Å². The van der Waals surface area contributed by atoms with Gasteiger partial charge in [-0.2, -0.15) is 0 Å². The summed E-state index contributed by atoms with van der Waals surface area (Å²) < 4.78 is 8.74. The molecule has 0 heterocycles. The fourth-order valence-corrected chi connectivity index (χ4v) is 0. The molecule has 32 valence electrons. The second-order valence-electron chi connectivity index (χ2n) is 0.283. The molecular formula is H6AlNaO3Si. The normalized spacial score (nSPS) is 4.00. The quantitative estimate of drug-likeness (QED) is 0.337. The predicted molar refractivity (Wildman–Crippen MR) is 28.0 cm³/mol. The summed E-state index contributed by atoms with van der Waals surface area (Å²) >= 11 is 0. The van der Waals surface area contributed by atoms with Crippen molar-refractivity contribution in [3.63, 3.8) is 0 Å². The maximum atomic E-state index is 8.74. The van der Waals surface area contributed by atoms with Crippen LogP contribution < -0.4 is 0 Å². The van der Waals surface area contributed by atoms with E-state index in [1.54, 1.807) is 0 Å². The summed E-state index contributed by atoms with van der Waals surface area (Å²) in [6.07, 6.45) is 0. The maximum absolute atomic E-state index is 8.74. The summed E-state index contributed by atoms with van der Waals surface area (Å²) in [5, 5.41) is 0. The number of hydrogen-bond donors (Lipinski definition) is 2. The second-order valence-corrected chi connectivity index (χ2v) is 0.848. The van der Waals surface area contributed by atoms with Crippen molar-refractivity contribution in [3.8, 4) is 0 Å². The molecule has 3 nitrogen and oxygen atoms in total. The molecule has 0 bridgehead atoms. The monoisotopic (exact) mass is 132 g/mol. The van der Waals surface area contributed by atoms with Crippen LogP contribution in [0.25, 0.3) is 0 Å². The Balaban J connectivity index is -0.0000000450. The van der Waals surface area contributed by atoms with Crippen molar-refractivity contribution in [3.05, 3.63) is 0 Å². The van der Waals surface area contributed by atoms with Gasteiger partial charge in [0.1, 0.15) is 0 Å². The van der Waals surface area contributed by atoms with Crippen molar-refractivity contribution in [1.82, 2.24) is 0 Å². The molecule has 0 rings (SSSR count).